The fourth-order valence-electron chi connectivity index (χ4n) is 3.03. The summed E-state index contributed by atoms with van der Waals surface area (Å²) >= 11 is 18.2. The van der Waals surface area contributed by atoms with Crippen molar-refractivity contribution >= 4 is 62.3 Å². The standard InChI is InChI=1S/C22H26Cl3N3O4S/c1-4-11-26-22(30)15(2)27(13-16-5-6-18(24)12-20(16)25)21(29)14-28(33(3,31)32)19-9-7-17(23)8-10-19/h5-10,12,15H,4,11,13-14H2,1-3H3,(H,26,30)/t15-/m0/s1. The molecule has 0 aliphatic carbocycles. The van der Waals surface area contributed by atoms with Gasteiger partial charge in [0, 0.05) is 28.2 Å². The maximum atomic E-state index is 13.4. The van der Waals surface area contributed by atoms with Gasteiger partial charge in [0.15, 0.2) is 0 Å². The first-order chi connectivity index (χ1) is 15.4. The number of nitrogens with one attached hydrogen (secondary N) is 1. The average molecular weight is 535 g/mol. The van der Waals surface area contributed by atoms with Crippen LogP contribution in [0.25, 0.3) is 0 Å². The van der Waals surface area contributed by atoms with Crippen molar-refractivity contribution in [3.8, 4) is 0 Å². The van der Waals surface area contributed by atoms with Gasteiger partial charge in [-0.25, -0.2) is 8.42 Å². The van der Waals surface area contributed by atoms with Gasteiger partial charge >= 0.3 is 0 Å². The number of halogens is 3. The van der Waals surface area contributed by atoms with Crippen molar-refractivity contribution < 1.29 is 18.0 Å². The number of anilines is 1. The normalized spacial score (nSPS) is 12.2. The second-order valence-corrected chi connectivity index (χ2v) is 10.7. The maximum absolute atomic E-state index is 13.4. The molecule has 0 heterocycles. The first kappa shape index (κ1) is 27.2. The van der Waals surface area contributed by atoms with E-state index < -0.39 is 28.5 Å². The van der Waals surface area contributed by atoms with Gasteiger partial charge in [0.2, 0.25) is 21.8 Å². The zero-order valence-electron chi connectivity index (χ0n) is 18.5. The summed E-state index contributed by atoms with van der Waals surface area (Å²) in [4.78, 5) is 27.3. The Morgan fingerprint density at radius 3 is 2.18 bits per heavy atom. The van der Waals surface area contributed by atoms with Crippen LogP contribution >= 0.6 is 34.8 Å². The van der Waals surface area contributed by atoms with Gasteiger partial charge in [-0.3, -0.25) is 13.9 Å². The lowest BCUT2D eigenvalue weighted by molar-refractivity contribution is -0.139. The second kappa shape index (κ2) is 11.9. The molecule has 2 aromatic rings. The molecule has 1 N–H and O–H groups in total. The van der Waals surface area contributed by atoms with Crippen LogP contribution in [-0.2, 0) is 26.2 Å². The van der Waals surface area contributed by atoms with Crippen molar-refractivity contribution in [2.45, 2.75) is 32.9 Å². The molecule has 0 radical (unpaired) electrons. The van der Waals surface area contributed by atoms with Gasteiger partial charge in [-0.1, -0.05) is 47.8 Å². The van der Waals surface area contributed by atoms with Gasteiger partial charge in [0.1, 0.15) is 12.6 Å². The molecule has 0 bridgehead atoms. The summed E-state index contributed by atoms with van der Waals surface area (Å²) < 4.78 is 25.9. The molecule has 1 atom stereocenters. The fraction of sp³-hybridized carbons (Fsp3) is 0.364. The number of benzene rings is 2. The largest absolute Gasteiger partial charge is 0.354 e. The Hall–Kier alpha value is -2.00. The summed E-state index contributed by atoms with van der Waals surface area (Å²) in [5.41, 5.74) is 0.852. The molecule has 180 valence electrons. The highest BCUT2D eigenvalue weighted by atomic mass is 35.5. The van der Waals surface area contributed by atoms with Crippen LogP contribution < -0.4 is 9.62 Å². The highest BCUT2D eigenvalue weighted by Crippen LogP contribution is 2.25. The first-order valence-corrected chi connectivity index (χ1v) is 13.2. The molecule has 0 unspecified atom stereocenters. The first-order valence-electron chi connectivity index (χ1n) is 10.2. The average Bonchev–Trinajstić information content (AvgIpc) is 2.74. The molecular weight excluding hydrogens is 509 g/mol. The van der Waals surface area contributed by atoms with Crippen molar-refractivity contribution in [2.24, 2.45) is 0 Å². The van der Waals surface area contributed by atoms with Gasteiger partial charge < -0.3 is 10.2 Å². The number of amides is 2. The van der Waals surface area contributed by atoms with E-state index in [4.69, 9.17) is 34.8 Å². The molecule has 2 rings (SSSR count). The molecule has 0 aliphatic rings. The van der Waals surface area contributed by atoms with E-state index in [0.29, 0.717) is 27.2 Å². The molecule has 0 fully saturated rings. The number of rotatable bonds is 10. The quantitative estimate of drug-likeness (QED) is 0.491. The number of sulfonamides is 1. The van der Waals surface area contributed by atoms with E-state index in [-0.39, 0.29) is 18.1 Å². The molecule has 2 aromatic carbocycles. The van der Waals surface area contributed by atoms with Crippen molar-refractivity contribution in [3.63, 3.8) is 0 Å². The third-order valence-corrected chi connectivity index (χ3v) is 6.85. The summed E-state index contributed by atoms with van der Waals surface area (Å²) in [6.45, 7) is 3.44. The van der Waals surface area contributed by atoms with E-state index in [0.717, 1.165) is 17.0 Å². The van der Waals surface area contributed by atoms with Gasteiger partial charge in [-0.05, 0) is 55.3 Å². The Morgan fingerprint density at radius 1 is 1.03 bits per heavy atom. The lowest BCUT2D eigenvalue weighted by atomic mass is 10.1. The lowest BCUT2D eigenvalue weighted by Gasteiger charge is -2.31. The summed E-state index contributed by atoms with van der Waals surface area (Å²) in [6, 6.07) is 10.0. The number of hydrogen-bond acceptors (Lipinski definition) is 4. The minimum absolute atomic E-state index is 0.00618. The summed E-state index contributed by atoms with van der Waals surface area (Å²) in [7, 11) is -3.81. The third kappa shape index (κ3) is 7.78. The Bertz CT molecular complexity index is 1090. The highest BCUT2D eigenvalue weighted by molar-refractivity contribution is 7.92. The minimum Gasteiger partial charge on any atom is -0.354 e. The van der Waals surface area contributed by atoms with Crippen LogP contribution in [0.4, 0.5) is 5.69 Å². The summed E-state index contributed by atoms with van der Waals surface area (Å²) in [5.74, 6) is -0.923. The Kier molecular flexibility index (Phi) is 9.84. The van der Waals surface area contributed by atoms with Crippen molar-refractivity contribution in [1.29, 1.82) is 0 Å². The van der Waals surface area contributed by atoms with Crippen molar-refractivity contribution in [1.82, 2.24) is 10.2 Å². The molecule has 0 aliphatic heterocycles. The molecule has 33 heavy (non-hydrogen) atoms. The van der Waals surface area contributed by atoms with Crippen LogP contribution in [0.15, 0.2) is 42.5 Å². The second-order valence-electron chi connectivity index (χ2n) is 7.47. The van der Waals surface area contributed by atoms with Gasteiger partial charge in [-0.15, -0.1) is 0 Å². The van der Waals surface area contributed by atoms with E-state index in [1.54, 1.807) is 25.1 Å². The van der Waals surface area contributed by atoms with Gasteiger partial charge in [0.05, 0.1) is 11.9 Å². The van der Waals surface area contributed by atoms with E-state index in [1.165, 1.54) is 29.2 Å². The number of carbonyl (C=O) groups excluding carboxylic acids is 2. The van der Waals surface area contributed by atoms with Gasteiger partial charge in [-0.2, -0.15) is 0 Å². The summed E-state index contributed by atoms with van der Waals surface area (Å²) in [5, 5.41) is 3.96. The zero-order valence-corrected chi connectivity index (χ0v) is 21.6. The molecule has 11 heteroatoms. The van der Waals surface area contributed by atoms with E-state index >= 15 is 0 Å². The van der Waals surface area contributed by atoms with Crippen LogP contribution in [0.2, 0.25) is 15.1 Å². The SMILES string of the molecule is CCCNC(=O)[C@H](C)N(Cc1ccc(Cl)cc1Cl)C(=O)CN(c1ccc(Cl)cc1)S(C)(=O)=O. The van der Waals surface area contributed by atoms with Crippen molar-refractivity contribution in [3.05, 3.63) is 63.1 Å². The molecule has 0 saturated carbocycles. The van der Waals surface area contributed by atoms with E-state index in [9.17, 15) is 18.0 Å². The predicted octanol–water partition coefficient (Wildman–Crippen LogP) is 4.36. The molecular formula is C22H26Cl3N3O4S. The monoisotopic (exact) mass is 533 g/mol. The molecule has 0 aromatic heterocycles. The summed E-state index contributed by atoms with van der Waals surface area (Å²) in [6.07, 6.45) is 1.74. The Morgan fingerprint density at radius 2 is 1.64 bits per heavy atom. The predicted molar refractivity (Wildman–Crippen MR) is 133 cm³/mol. The zero-order chi connectivity index (χ0) is 24.8. The Balaban J connectivity index is 2.39. The topological polar surface area (TPSA) is 86.8 Å². The minimum atomic E-state index is -3.81. The smallest absolute Gasteiger partial charge is 0.244 e. The van der Waals surface area contributed by atoms with Crippen LogP contribution in [0.1, 0.15) is 25.8 Å². The van der Waals surface area contributed by atoms with Crippen LogP contribution in [0, 0.1) is 0 Å². The molecule has 0 saturated heterocycles. The Labute approximate surface area is 209 Å². The van der Waals surface area contributed by atoms with E-state index in [2.05, 4.69) is 5.32 Å². The van der Waals surface area contributed by atoms with E-state index in [1.807, 2.05) is 6.92 Å². The number of nitrogens with zero attached hydrogens (tertiary/aromatic N) is 2. The van der Waals surface area contributed by atoms with Crippen LogP contribution in [0.3, 0.4) is 0 Å². The number of carbonyl (C=O) groups is 2. The maximum Gasteiger partial charge on any atom is 0.244 e. The van der Waals surface area contributed by atoms with Gasteiger partial charge in [0.25, 0.3) is 0 Å². The lowest BCUT2D eigenvalue weighted by Crippen LogP contribution is -2.51. The van der Waals surface area contributed by atoms with Crippen LogP contribution in [-0.4, -0.2) is 50.5 Å². The molecule has 7 nitrogen and oxygen atoms in total. The molecule has 2 amide bonds. The van der Waals surface area contributed by atoms with Crippen molar-refractivity contribution in [2.75, 3.05) is 23.7 Å². The third-order valence-electron chi connectivity index (χ3n) is 4.87. The van der Waals surface area contributed by atoms with Crippen LogP contribution in [0.5, 0.6) is 0 Å². The highest BCUT2D eigenvalue weighted by Gasteiger charge is 2.30. The number of hydrogen-bond donors (Lipinski definition) is 1. The fourth-order valence-corrected chi connectivity index (χ4v) is 4.48. The molecule has 0 spiro atoms.